The van der Waals surface area contributed by atoms with Crippen molar-refractivity contribution in [2.75, 3.05) is 0 Å². The van der Waals surface area contributed by atoms with Crippen molar-refractivity contribution in [3.8, 4) is 22.5 Å². The van der Waals surface area contributed by atoms with Gasteiger partial charge in [-0.15, -0.1) is 0 Å². The molecule has 3 nitrogen and oxygen atoms in total. The van der Waals surface area contributed by atoms with Crippen LogP contribution in [0.25, 0.3) is 88.1 Å². The molecule has 3 heteroatoms. The Morgan fingerprint density at radius 1 is 0.400 bits per heavy atom. The quantitative estimate of drug-likeness (QED) is 0.206. The van der Waals surface area contributed by atoms with Crippen LogP contribution in [-0.4, -0.2) is 9.13 Å². The average molecular weight is 575 g/mol. The molecule has 0 N–H and O–H groups in total. The molecule has 0 spiro atoms. The Labute approximate surface area is 258 Å². The van der Waals surface area contributed by atoms with Crippen molar-refractivity contribution < 1.29 is 4.42 Å². The van der Waals surface area contributed by atoms with Crippen LogP contribution in [0.1, 0.15) is 0 Å². The first-order chi connectivity index (χ1) is 22.3. The van der Waals surface area contributed by atoms with Crippen molar-refractivity contribution >= 4 is 65.6 Å². The molecule has 0 unspecified atom stereocenters. The zero-order valence-electron chi connectivity index (χ0n) is 24.3. The Morgan fingerprint density at radius 3 is 1.73 bits per heavy atom. The molecule has 0 radical (unpaired) electrons. The second-order valence-electron chi connectivity index (χ2n) is 11.7. The second kappa shape index (κ2) is 9.22. The van der Waals surface area contributed by atoms with E-state index in [-0.39, 0.29) is 0 Å². The summed E-state index contributed by atoms with van der Waals surface area (Å²) in [6.07, 6.45) is 0. The number of rotatable bonds is 3. The number of hydrogen-bond acceptors (Lipinski definition) is 1. The number of aromatic nitrogens is 2. The largest absolute Gasteiger partial charge is 0.455 e. The molecular formula is C42H26N2O. The highest BCUT2D eigenvalue weighted by Gasteiger charge is 2.23. The molecule has 45 heavy (non-hydrogen) atoms. The fourth-order valence-electron chi connectivity index (χ4n) is 7.39. The Hall–Kier alpha value is -6.06. The van der Waals surface area contributed by atoms with Gasteiger partial charge in [-0.2, -0.15) is 0 Å². The normalized spacial score (nSPS) is 12.0. The van der Waals surface area contributed by atoms with Gasteiger partial charge in [0.25, 0.3) is 0 Å². The van der Waals surface area contributed by atoms with Gasteiger partial charge in [-0.05, 0) is 66.2 Å². The van der Waals surface area contributed by atoms with Gasteiger partial charge in [0.2, 0.25) is 0 Å². The molecule has 0 fully saturated rings. The van der Waals surface area contributed by atoms with E-state index in [1.54, 1.807) is 0 Å². The molecule has 3 heterocycles. The maximum atomic E-state index is 6.68. The van der Waals surface area contributed by atoms with Gasteiger partial charge in [0.1, 0.15) is 11.2 Å². The summed E-state index contributed by atoms with van der Waals surface area (Å²) in [5.74, 6) is 0. The molecule has 0 aliphatic rings. The monoisotopic (exact) mass is 574 g/mol. The Morgan fingerprint density at radius 2 is 0.978 bits per heavy atom. The third-order valence-corrected chi connectivity index (χ3v) is 9.29. The SMILES string of the molecule is c1ccc(-n2c3ccccc3c3cc(-c4cc5c6ccccc6oc5c5c6ccccc6n(-c6ccccc6)c45)ccc32)cc1. The van der Waals surface area contributed by atoms with Crippen molar-refractivity contribution in [2.45, 2.75) is 0 Å². The molecule has 7 aromatic carbocycles. The van der Waals surface area contributed by atoms with Crippen molar-refractivity contribution in [3.63, 3.8) is 0 Å². The zero-order chi connectivity index (χ0) is 29.5. The molecular weight excluding hydrogens is 548 g/mol. The minimum absolute atomic E-state index is 0.906. The Balaban J connectivity index is 1.38. The minimum Gasteiger partial charge on any atom is -0.455 e. The lowest BCUT2D eigenvalue weighted by Crippen LogP contribution is -1.95. The number of benzene rings is 7. The summed E-state index contributed by atoms with van der Waals surface area (Å²) in [5, 5.41) is 7.08. The van der Waals surface area contributed by atoms with E-state index in [0.29, 0.717) is 0 Å². The first kappa shape index (κ1) is 24.4. The van der Waals surface area contributed by atoms with E-state index in [1.165, 1.54) is 38.3 Å². The summed E-state index contributed by atoms with van der Waals surface area (Å²) in [6.45, 7) is 0. The van der Waals surface area contributed by atoms with Gasteiger partial charge in [0, 0.05) is 43.9 Å². The van der Waals surface area contributed by atoms with E-state index in [4.69, 9.17) is 4.42 Å². The van der Waals surface area contributed by atoms with E-state index in [9.17, 15) is 0 Å². The molecule has 0 saturated heterocycles. The van der Waals surface area contributed by atoms with E-state index in [0.717, 1.165) is 49.7 Å². The second-order valence-corrected chi connectivity index (χ2v) is 11.7. The first-order valence-corrected chi connectivity index (χ1v) is 15.4. The van der Waals surface area contributed by atoms with Gasteiger partial charge in [-0.1, -0.05) is 97.1 Å². The van der Waals surface area contributed by atoms with Crippen molar-refractivity contribution in [2.24, 2.45) is 0 Å². The van der Waals surface area contributed by atoms with Crippen LogP contribution in [0.15, 0.2) is 162 Å². The van der Waals surface area contributed by atoms with Crippen LogP contribution in [0.3, 0.4) is 0 Å². The van der Waals surface area contributed by atoms with Crippen molar-refractivity contribution in [1.82, 2.24) is 9.13 Å². The summed E-state index contributed by atoms with van der Waals surface area (Å²) < 4.78 is 11.5. The molecule has 0 amide bonds. The predicted molar refractivity (Wildman–Crippen MR) is 188 cm³/mol. The third kappa shape index (κ3) is 3.41. The summed E-state index contributed by atoms with van der Waals surface area (Å²) >= 11 is 0. The topological polar surface area (TPSA) is 23.0 Å². The molecule has 0 atom stereocenters. The zero-order valence-corrected chi connectivity index (χ0v) is 24.3. The van der Waals surface area contributed by atoms with E-state index in [2.05, 4.69) is 161 Å². The Kier molecular flexibility index (Phi) is 5.00. The number of furan rings is 1. The highest BCUT2D eigenvalue weighted by atomic mass is 16.3. The molecule has 3 aromatic heterocycles. The van der Waals surface area contributed by atoms with Crippen molar-refractivity contribution in [3.05, 3.63) is 158 Å². The fraction of sp³-hybridized carbons (Fsp3) is 0. The standard InChI is InChI=1S/C42H26N2O/c1-3-13-28(14-4-1)43-36-20-10-7-17-30(36)34-25-27(23-24-38(34)43)33-26-35-31-18-9-12-22-39(31)45-42(35)40-32-19-8-11-21-37(32)44(41(33)40)29-15-5-2-6-16-29/h1-26H. The number of fused-ring (bicyclic) bond motifs is 10. The van der Waals surface area contributed by atoms with Gasteiger partial charge in [-0.25, -0.2) is 0 Å². The molecule has 0 aliphatic carbocycles. The number of nitrogens with zero attached hydrogens (tertiary/aromatic N) is 2. The van der Waals surface area contributed by atoms with Crippen LogP contribution in [0.4, 0.5) is 0 Å². The highest BCUT2D eigenvalue weighted by molar-refractivity contribution is 6.27. The van der Waals surface area contributed by atoms with Crippen LogP contribution in [0, 0.1) is 0 Å². The number of hydrogen-bond donors (Lipinski definition) is 0. The van der Waals surface area contributed by atoms with Crippen molar-refractivity contribution in [1.29, 1.82) is 0 Å². The van der Waals surface area contributed by atoms with Crippen LogP contribution in [-0.2, 0) is 0 Å². The summed E-state index contributed by atoms with van der Waals surface area (Å²) in [6, 6.07) is 56.4. The van der Waals surface area contributed by atoms with Crippen LogP contribution >= 0.6 is 0 Å². The van der Waals surface area contributed by atoms with Gasteiger partial charge in [0.05, 0.1) is 27.5 Å². The van der Waals surface area contributed by atoms with Crippen LogP contribution < -0.4 is 0 Å². The Bertz CT molecular complexity index is 2740. The lowest BCUT2D eigenvalue weighted by atomic mass is 9.97. The third-order valence-electron chi connectivity index (χ3n) is 9.29. The highest BCUT2D eigenvalue weighted by Crippen LogP contribution is 2.46. The van der Waals surface area contributed by atoms with E-state index in [1.807, 2.05) is 6.07 Å². The smallest absolute Gasteiger partial charge is 0.145 e. The summed E-state index contributed by atoms with van der Waals surface area (Å²) in [4.78, 5) is 0. The molecule has 0 aliphatic heterocycles. The first-order valence-electron chi connectivity index (χ1n) is 15.4. The lowest BCUT2D eigenvalue weighted by Gasteiger charge is -2.13. The van der Waals surface area contributed by atoms with Gasteiger partial charge < -0.3 is 13.6 Å². The van der Waals surface area contributed by atoms with Crippen LogP contribution in [0.5, 0.6) is 0 Å². The van der Waals surface area contributed by atoms with E-state index < -0.39 is 0 Å². The lowest BCUT2D eigenvalue weighted by molar-refractivity contribution is 0.673. The minimum atomic E-state index is 0.906. The predicted octanol–water partition coefficient (Wildman–Crippen LogP) is 11.4. The molecule has 210 valence electrons. The molecule has 10 aromatic rings. The van der Waals surface area contributed by atoms with Gasteiger partial charge in [-0.3, -0.25) is 0 Å². The fourth-order valence-corrected chi connectivity index (χ4v) is 7.39. The van der Waals surface area contributed by atoms with Crippen LogP contribution in [0.2, 0.25) is 0 Å². The molecule has 0 bridgehead atoms. The molecule has 10 rings (SSSR count). The molecule has 0 saturated carbocycles. The van der Waals surface area contributed by atoms with Gasteiger partial charge in [0.15, 0.2) is 0 Å². The van der Waals surface area contributed by atoms with Gasteiger partial charge >= 0.3 is 0 Å². The number of para-hydroxylation sites is 5. The summed E-state index contributed by atoms with van der Waals surface area (Å²) in [7, 11) is 0. The maximum absolute atomic E-state index is 6.68. The van der Waals surface area contributed by atoms with E-state index >= 15 is 0 Å². The maximum Gasteiger partial charge on any atom is 0.145 e. The average Bonchev–Trinajstić information content (AvgIpc) is 3.76. The summed E-state index contributed by atoms with van der Waals surface area (Å²) in [5.41, 5.74) is 11.2.